The highest BCUT2D eigenvalue weighted by Gasteiger charge is 2.30. The lowest BCUT2D eigenvalue weighted by Gasteiger charge is -2.15. The van der Waals surface area contributed by atoms with E-state index in [1.807, 2.05) is 0 Å². The third-order valence-corrected chi connectivity index (χ3v) is 2.35. The van der Waals surface area contributed by atoms with Gasteiger partial charge < -0.3 is 15.8 Å². The van der Waals surface area contributed by atoms with E-state index < -0.39 is 17.9 Å². The summed E-state index contributed by atoms with van der Waals surface area (Å²) in [6.07, 6.45) is 2.82. The molecule has 0 unspecified atom stereocenters. The number of carbonyl (C=O) groups is 2. The smallest absolute Gasteiger partial charge is 0.328 e. The van der Waals surface area contributed by atoms with E-state index in [0.717, 1.165) is 12.8 Å². The summed E-state index contributed by atoms with van der Waals surface area (Å²) in [7, 11) is 1.30. The Hall–Kier alpha value is -1.52. The molecule has 1 saturated carbocycles. The Kier molecular flexibility index (Phi) is 3.71. The van der Waals surface area contributed by atoms with E-state index in [9.17, 15) is 9.59 Å². The molecule has 3 N–H and O–H groups in total. The van der Waals surface area contributed by atoms with Crippen LogP contribution in [0.1, 0.15) is 19.3 Å². The molecule has 1 fully saturated rings. The van der Waals surface area contributed by atoms with Gasteiger partial charge in [0.25, 0.3) is 5.91 Å². The van der Waals surface area contributed by atoms with Gasteiger partial charge in [0.15, 0.2) is 0 Å². The number of ether oxygens (including phenoxy) is 1. The Morgan fingerprint density at radius 2 is 2.20 bits per heavy atom. The minimum atomic E-state index is -0.602. The van der Waals surface area contributed by atoms with Gasteiger partial charge in [0, 0.05) is 0 Å². The highest BCUT2D eigenvalue weighted by Crippen LogP contribution is 2.33. The van der Waals surface area contributed by atoms with Crippen LogP contribution in [0.3, 0.4) is 0 Å². The van der Waals surface area contributed by atoms with Gasteiger partial charge in [-0.3, -0.25) is 4.79 Å². The molecular formula is C10H16N2O3. The predicted octanol–water partition coefficient (Wildman–Crippen LogP) is -0.0833. The third kappa shape index (κ3) is 3.61. The van der Waals surface area contributed by atoms with Gasteiger partial charge >= 0.3 is 5.97 Å². The minimum Gasteiger partial charge on any atom is -0.467 e. The second kappa shape index (κ2) is 4.82. The van der Waals surface area contributed by atoms with Gasteiger partial charge in [0.1, 0.15) is 6.04 Å². The number of hydrogen-bond donors (Lipinski definition) is 2. The molecule has 5 heteroatoms. The second-order valence-electron chi connectivity index (χ2n) is 3.75. The van der Waals surface area contributed by atoms with Crippen LogP contribution >= 0.6 is 0 Å². The standard InChI is InChI=1S/C10H16N2O3/c1-6(11)9(13)12-8(10(14)15-2)5-7-3-4-7/h7-8H,1,3-5,11H2,2H3,(H,12,13)/t8-/m0/s1. The number of esters is 1. The van der Waals surface area contributed by atoms with Crippen molar-refractivity contribution in [1.82, 2.24) is 5.32 Å². The van der Waals surface area contributed by atoms with E-state index in [1.54, 1.807) is 0 Å². The highest BCUT2D eigenvalue weighted by atomic mass is 16.5. The first-order valence-electron chi connectivity index (χ1n) is 4.87. The van der Waals surface area contributed by atoms with E-state index in [0.29, 0.717) is 12.3 Å². The SMILES string of the molecule is C=C(N)C(=O)N[C@@H](CC1CC1)C(=O)OC. The maximum absolute atomic E-state index is 11.3. The Morgan fingerprint density at radius 1 is 1.60 bits per heavy atom. The molecule has 84 valence electrons. The molecule has 0 bridgehead atoms. The van der Waals surface area contributed by atoms with Crippen LogP contribution in [-0.2, 0) is 14.3 Å². The van der Waals surface area contributed by atoms with Crippen molar-refractivity contribution in [3.8, 4) is 0 Å². The second-order valence-corrected chi connectivity index (χ2v) is 3.75. The van der Waals surface area contributed by atoms with Gasteiger partial charge in [0.05, 0.1) is 12.8 Å². The van der Waals surface area contributed by atoms with E-state index in [4.69, 9.17) is 5.73 Å². The summed E-state index contributed by atoms with van der Waals surface area (Å²) in [6, 6.07) is -0.602. The number of amides is 1. The quantitative estimate of drug-likeness (QED) is 0.493. The first kappa shape index (κ1) is 11.6. The Labute approximate surface area is 88.7 Å². The summed E-state index contributed by atoms with van der Waals surface area (Å²) in [5.41, 5.74) is 5.12. The Morgan fingerprint density at radius 3 is 2.60 bits per heavy atom. The Bertz CT molecular complexity index is 284. The molecule has 5 nitrogen and oxygen atoms in total. The van der Waals surface area contributed by atoms with Gasteiger partial charge in [-0.1, -0.05) is 19.4 Å². The fourth-order valence-corrected chi connectivity index (χ4v) is 1.29. The first-order chi connectivity index (χ1) is 7.04. The summed E-state index contributed by atoms with van der Waals surface area (Å²) in [4.78, 5) is 22.6. The molecule has 0 radical (unpaired) electrons. The maximum atomic E-state index is 11.3. The fraction of sp³-hybridized carbons (Fsp3) is 0.600. The van der Waals surface area contributed by atoms with Crippen molar-refractivity contribution in [2.24, 2.45) is 11.7 Å². The molecule has 1 atom stereocenters. The normalized spacial score (nSPS) is 16.6. The van der Waals surface area contributed by atoms with Crippen LogP contribution in [0.15, 0.2) is 12.3 Å². The van der Waals surface area contributed by atoms with Crippen LogP contribution in [0, 0.1) is 5.92 Å². The highest BCUT2D eigenvalue weighted by molar-refractivity contribution is 5.94. The molecule has 0 heterocycles. The average Bonchev–Trinajstić information content (AvgIpc) is 2.99. The van der Waals surface area contributed by atoms with Crippen LogP contribution in [0.25, 0.3) is 0 Å². The van der Waals surface area contributed by atoms with Crippen molar-refractivity contribution < 1.29 is 14.3 Å². The average molecular weight is 212 g/mol. The summed E-state index contributed by atoms with van der Waals surface area (Å²) in [5.74, 6) is -0.428. The molecule has 1 aliphatic carbocycles. The number of nitrogens with two attached hydrogens (primary N) is 1. The summed E-state index contributed by atoms with van der Waals surface area (Å²) >= 11 is 0. The lowest BCUT2D eigenvalue weighted by Crippen LogP contribution is -2.43. The van der Waals surface area contributed by atoms with E-state index >= 15 is 0 Å². The first-order valence-corrected chi connectivity index (χ1v) is 4.87. The van der Waals surface area contributed by atoms with Crippen molar-refractivity contribution in [1.29, 1.82) is 0 Å². The molecule has 0 aromatic heterocycles. The summed E-state index contributed by atoms with van der Waals surface area (Å²) in [6.45, 7) is 3.30. The minimum absolute atomic E-state index is 0.0975. The molecule has 1 aliphatic rings. The molecule has 0 saturated heterocycles. The van der Waals surface area contributed by atoms with Crippen molar-refractivity contribution in [2.45, 2.75) is 25.3 Å². The predicted molar refractivity (Wildman–Crippen MR) is 54.6 cm³/mol. The molecule has 0 spiro atoms. The zero-order valence-corrected chi connectivity index (χ0v) is 8.79. The number of nitrogens with one attached hydrogen (secondary N) is 1. The van der Waals surface area contributed by atoms with Gasteiger partial charge in [-0.25, -0.2) is 4.79 Å². The molecule has 1 amide bonds. The van der Waals surface area contributed by atoms with Crippen LogP contribution in [-0.4, -0.2) is 25.0 Å². The zero-order chi connectivity index (χ0) is 11.4. The van der Waals surface area contributed by atoms with Crippen molar-refractivity contribution in [2.75, 3.05) is 7.11 Å². The zero-order valence-electron chi connectivity index (χ0n) is 8.79. The topological polar surface area (TPSA) is 81.4 Å². The van der Waals surface area contributed by atoms with Crippen molar-refractivity contribution >= 4 is 11.9 Å². The maximum Gasteiger partial charge on any atom is 0.328 e. The van der Waals surface area contributed by atoms with E-state index in [2.05, 4.69) is 16.6 Å². The van der Waals surface area contributed by atoms with Crippen LogP contribution in [0.2, 0.25) is 0 Å². The van der Waals surface area contributed by atoms with Gasteiger partial charge in [0.2, 0.25) is 0 Å². The number of carbonyl (C=O) groups excluding carboxylic acids is 2. The third-order valence-electron chi connectivity index (χ3n) is 2.35. The fourth-order valence-electron chi connectivity index (χ4n) is 1.29. The monoisotopic (exact) mass is 212 g/mol. The van der Waals surface area contributed by atoms with Gasteiger partial charge in [-0.05, 0) is 12.3 Å². The Balaban J connectivity index is 2.50. The lowest BCUT2D eigenvalue weighted by atomic mass is 10.1. The molecular weight excluding hydrogens is 196 g/mol. The van der Waals surface area contributed by atoms with E-state index in [-0.39, 0.29) is 5.70 Å². The number of hydrogen-bond acceptors (Lipinski definition) is 4. The largest absolute Gasteiger partial charge is 0.467 e. The molecule has 0 aromatic rings. The van der Waals surface area contributed by atoms with Crippen LogP contribution < -0.4 is 11.1 Å². The van der Waals surface area contributed by atoms with Crippen molar-refractivity contribution in [3.05, 3.63) is 12.3 Å². The van der Waals surface area contributed by atoms with Gasteiger partial charge in [-0.2, -0.15) is 0 Å². The molecule has 1 rings (SSSR count). The van der Waals surface area contributed by atoms with E-state index in [1.165, 1.54) is 7.11 Å². The van der Waals surface area contributed by atoms with Crippen LogP contribution in [0.5, 0.6) is 0 Å². The number of rotatable bonds is 5. The molecule has 0 aromatic carbocycles. The molecule has 0 aliphatic heterocycles. The lowest BCUT2D eigenvalue weighted by molar-refractivity contribution is -0.145. The van der Waals surface area contributed by atoms with Gasteiger partial charge in [-0.15, -0.1) is 0 Å². The van der Waals surface area contributed by atoms with Crippen LogP contribution in [0.4, 0.5) is 0 Å². The molecule has 15 heavy (non-hydrogen) atoms. The number of methoxy groups -OCH3 is 1. The summed E-state index contributed by atoms with van der Waals surface area (Å²) < 4.78 is 4.60. The van der Waals surface area contributed by atoms with Crippen molar-refractivity contribution in [3.63, 3.8) is 0 Å². The summed E-state index contributed by atoms with van der Waals surface area (Å²) in [5, 5.41) is 2.50.